The van der Waals surface area contributed by atoms with Gasteiger partial charge in [0.25, 0.3) is 0 Å². The number of amides is 1. The van der Waals surface area contributed by atoms with Crippen LogP contribution in [0.15, 0.2) is 58.1 Å². The average Bonchev–Trinajstić information content (AvgIpc) is 3.07. The molecular weight excluding hydrogens is 407 g/mol. The predicted molar refractivity (Wildman–Crippen MR) is 101 cm³/mol. The fraction of sp³-hybridized carbons (Fsp3) is 0.250. The van der Waals surface area contributed by atoms with Crippen LogP contribution in [0.5, 0.6) is 0 Å². The summed E-state index contributed by atoms with van der Waals surface area (Å²) in [5, 5.41) is 8.88. The quantitative estimate of drug-likeness (QED) is 0.373. The number of hydrogen-bond acceptors (Lipinski definition) is 3. The van der Waals surface area contributed by atoms with E-state index in [-0.39, 0.29) is 36.4 Å². The van der Waals surface area contributed by atoms with Crippen LogP contribution in [-0.2, 0) is 17.9 Å². The summed E-state index contributed by atoms with van der Waals surface area (Å²) >= 11 is 0. The van der Waals surface area contributed by atoms with Crippen LogP contribution in [0.1, 0.15) is 11.3 Å². The molecule has 0 fully saturated rings. The number of nitrogens with zero attached hydrogens (tertiary/aromatic N) is 1. The maximum atomic E-state index is 11.7. The Morgan fingerprint density at radius 2 is 1.83 bits per heavy atom. The van der Waals surface area contributed by atoms with Crippen molar-refractivity contribution in [1.82, 2.24) is 16.0 Å². The molecule has 0 atom stereocenters. The number of carbonyl (C=O) groups excluding carboxylic acids is 1. The molecule has 0 radical (unpaired) electrons. The number of hydrogen-bond donors (Lipinski definition) is 3. The Labute approximate surface area is 152 Å². The predicted octanol–water partition coefficient (Wildman–Crippen LogP) is 1.88. The SMILES string of the molecule is CN=C(NCC(=O)NCc1ccco1)NCc1ccccc1.I. The minimum Gasteiger partial charge on any atom is -0.467 e. The van der Waals surface area contributed by atoms with Gasteiger partial charge in [-0.1, -0.05) is 30.3 Å². The fourth-order valence-electron chi connectivity index (χ4n) is 1.83. The van der Waals surface area contributed by atoms with Gasteiger partial charge in [0.05, 0.1) is 19.4 Å². The van der Waals surface area contributed by atoms with Crippen molar-refractivity contribution in [3.63, 3.8) is 0 Å². The molecule has 1 amide bonds. The first-order valence-corrected chi connectivity index (χ1v) is 7.05. The van der Waals surface area contributed by atoms with Crippen molar-refractivity contribution in [3.05, 3.63) is 60.1 Å². The van der Waals surface area contributed by atoms with E-state index in [2.05, 4.69) is 20.9 Å². The first-order chi connectivity index (χ1) is 10.8. The number of benzene rings is 1. The van der Waals surface area contributed by atoms with Crippen LogP contribution in [-0.4, -0.2) is 25.5 Å². The molecule has 0 unspecified atom stereocenters. The van der Waals surface area contributed by atoms with E-state index >= 15 is 0 Å². The highest BCUT2D eigenvalue weighted by atomic mass is 127. The third kappa shape index (κ3) is 7.18. The zero-order chi connectivity index (χ0) is 15.6. The summed E-state index contributed by atoms with van der Waals surface area (Å²) in [7, 11) is 1.67. The van der Waals surface area contributed by atoms with Gasteiger partial charge in [-0.3, -0.25) is 9.79 Å². The van der Waals surface area contributed by atoms with Crippen molar-refractivity contribution in [3.8, 4) is 0 Å². The lowest BCUT2D eigenvalue weighted by atomic mass is 10.2. The Morgan fingerprint density at radius 1 is 1.04 bits per heavy atom. The summed E-state index contributed by atoms with van der Waals surface area (Å²) in [5.41, 5.74) is 1.15. The molecule has 6 nitrogen and oxygen atoms in total. The summed E-state index contributed by atoms with van der Waals surface area (Å²) in [6.45, 7) is 1.17. The normalized spacial score (nSPS) is 10.6. The Hall–Kier alpha value is -2.03. The van der Waals surface area contributed by atoms with Crippen LogP contribution in [0.25, 0.3) is 0 Å². The fourth-order valence-corrected chi connectivity index (χ4v) is 1.83. The Morgan fingerprint density at radius 3 is 2.48 bits per heavy atom. The molecule has 2 rings (SSSR count). The van der Waals surface area contributed by atoms with Crippen molar-refractivity contribution >= 4 is 35.8 Å². The van der Waals surface area contributed by atoms with Gasteiger partial charge < -0.3 is 20.4 Å². The van der Waals surface area contributed by atoms with Gasteiger partial charge in [-0.05, 0) is 17.7 Å². The van der Waals surface area contributed by atoms with Gasteiger partial charge >= 0.3 is 0 Å². The van der Waals surface area contributed by atoms with Gasteiger partial charge in [-0.25, -0.2) is 0 Å². The van der Waals surface area contributed by atoms with Crippen LogP contribution < -0.4 is 16.0 Å². The third-order valence-electron chi connectivity index (χ3n) is 2.98. The molecule has 7 heteroatoms. The minimum atomic E-state index is -0.126. The maximum Gasteiger partial charge on any atom is 0.239 e. The van der Waals surface area contributed by atoms with E-state index in [1.807, 2.05) is 36.4 Å². The summed E-state index contributed by atoms with van der Waals surface area (Å²) < 4.78 is 5.15. The molecule has 1 heterocycles. The van der Waals surface area contributed by atoms with Crippen molar-refractivity contribution in [2.75, 3.05) is 13.6 Å². The molecule has 0 bridgehead atoms. The van der Waals surface area contributed by atoms with E-state index in [1.54, 1.807) is 19.4 Å². The number of nitrogens with one attached hydrogen (secondary N) is 3. The van der Waals surface area contributed by atoms with Crippen molar-refractivity contribution in [2.24, 2.45) is 4.99 Å². The molecule has 23 heavy (non-hydrogen) atoms. The monoisotopic (exact) mass is 428 g/mol. The third-order valence-corrected chi connectivity index (χ3v) is 2.98. The number of furan rings is 1. The van der Waals surface area contributed by atoms with Gasteiger partial charge in [-0.2, -0.15) is 0 Å². The zero-order valence-electron chi connectivity index (χ0n) is 12.9. The van der Waals surface area contributed by atoms with Gasteiger partial charge in [-0.15, -0.1) is 24.0 Å². The summed E-state index contributed by atoms with van der Waals surface area (Å²) in [5.74, 6) is 1.18. The van der Waals surface area contributed by atoms with Crippen LogP contribution in [0.3, 0.4) is 0 Å². The van der Waals surface area contributed by atoms with Gasteiger partial charge in [0.15, 0.2) is 5.96 Å². The Bertz CT molecular complexity index is 600. The zero-order valence-corrected chi connectivity index (χ0v) is 15.2. The molecule has 2 aromatic rings. The van der Waals surface area contributed by atoms with Crippen LogP contribution in [0, 0.1) is 0 Å². The molecule has 0 aliphatic rings. The van der Waals surface area contributed by atoms with E-state index in [9.17, 15) is 4.79 Å². The number of aliphatic imine (C=N–C) groups is 1. The van der Waals surface area contributed by atoms with Gasteiger partial charge in [0, 0.05) is 13.6 Å². The van der Waals surface area contributed by atoms with Crippen molar-refractivity contribution in [2.45, 2.75) is 13.1 Å². The molecule has 3 N–H and O–H groups in total. The van der Waals surface area contributed by atoms with Gasteiger partial charge in [0.1, 0.15) is 5.76 Å². The maximum absolute atomic E-state index is 11.7. The van der Waals surface area contributed by atoms with Crippen molar-refractivity contribution < 1.29 is 9.21 Å². The molecule has 1 aromatic heterocycles. The second-order valence-corrected chi connectivity index (χ2v) is 4.62. The number of guanidine groups is 1. The van der Waals surface area contributed by atoms with E-state index in [0.29, 0.717) is 19.0 Å². The lowest BCUT2D eigenvalue weighted by Gasteiger charge is -2.11. The molecular formula is C16H21IN4O2. The smallest absolute Gasteiger partial charge is 0.239 e. The lowest BCUT2D eigenvalue weighted by molar-refractivity contribution is -0.120. The van der Waals surface area contributed by atoms with Crippen molar-refractivity contribution in [1.29, 1.82) is 0 Å². The second-order valence-electron chi connectivity index (χ2n) is 4.62. The first kappa shape index (κ1) is 19.0. The minimum absolute atomic E-state index is 0. The van der Waals surface area contributed by atoms with E-state index in [4.69, 9.17) is 4.42 Å². The molecule has 0 saturated carbocycles. The average molecular weight is 428 g/mol. The van der Waals surface area contributed by atoms with Crippen LogP contribution in [0.4, 0.5) is 0 Å². The Kier molecular flexibility index (Phi) is 8.81. The largest absolute Gasteiger partial charge is 0.467 e. The second kappa shape index (κ2) is 10.7. The lowest BCUT2D eigenvalue weighted by Crippen LogP contribution is -2.42. The molecule has 0 saturated heterocycles. The topological polar surface area (TPSA) is 78.7 Å². The first-order valence-electron chi connectivity index (χ1n) is 7.05. The Balaban J connectivity index is 0.00000264. The van der Waals surface area contributed by atoms with Gasteiger partial charge in [0.2, 0.25) is 5.91 Å². The number of rotatable bonds is 6. The van der Waals surface area contributed by atoms with Crippen LogP contribution in [0.2, 0.25) is 0 Å². The number of halogens is 1. The van der Waals surface area contributed by atoms with E-state index in [1.165, 1.54) is 0 Å². The van der Waals surface area contributed by atoms with Crippen LogP contribution >= 0.6 is 24.0 Å². The molecule has 124 valence electrons. The molecule has 1 aromatic carbocycles. The standard InChI is InChI=1S/C16H20N4O2.HI/c1-17-16(19-10-13-6-3-2-4-7-13)20-12-15(21)18-11-14-8-5-9-22-14;/h2-9H,10-12H2,1H3,(H,18,21)(H2,17,19,20);1H. The molecule has 0 spiro atoms. The summed E-state index contributed by atoms with van der Waals surface area (Å²) in [4.78, 5) is 15.8. The highest BCUT2D eigenvalue weighted by Crippen LogP contribution is 1.98. The van der Waals surface area contributed by atoms with E-state index < -0.39 is 0 Å². The van der Waals surface area contributed by atoms with E-state index in [0.717, 1.165) is 11.3 Å². The summed E-state index contributed by atoms with van der Waals surface area (Å²) in [6, 6.07) is 13.6. The molecule has 0 aliphatic heterocycles. The summed E-state index contributed by atoms with van der Waals surface area (Å²) in [6.07, 6.45) is 1.58. The highest BCUT2D eigenvalue weighted by molar-refractivity contribution is 14.0. The number of carbonyl (C=O) groups is 1. The highest BCUT2D eigenvalue weighted by Gasteiger charge is 2.04. The molecule has 0 aliphatic carbocycles.